The third kappa shape index (κ3) is 4.72. The summed E-state index contributed by atoms with van der Waals surface area (Å²) in [7, 11) is 0. The second kappa shape index (κ2) is 9.06. The van der Waals surface area contributed by atoms with Gasteiger partial charge >= 0.3 is 0 Å². The summed E-state index contributed by atoms with van der Waals surface area (Å²) in [6.45, 7) is 6.15. The highest BCUT2D eigenvalue weighted by molar-refractivity contribution is 5.85. The number of aliphatic hydroxyl groups is 1. The summed E-state index contributed by atoms with van der Waals surface area (Å²) in [4.78, 5) is 2.41. The van der Waals surface area contributed by atoms with Crippen molar-refractivity contribution in [2.75, 3.05) is 24.6 Å². The van der Waals surface area contributed by atoms with E-state index in [-0.39, 0.29) is 12.4 Å². The number of aromatic nitrogens is 2. The summed E-state index contributed by atoms with van der Waals surface area (Å²) in [6.07, 6.45) is 4.05. The first-order chi connectivity index (χ1) is 11.3. The lowest BCUT2D eigenvalue weighted by atomic mass is 9.97. The van der Waals surface area contributed by atoms with E-state index in [1.165, 1.54) is 16.8 Å². The number of aryl methyl sites for hydroxylation is 1. The fourth-order valence-electron chi connectivity index (χ4n) is 3.09. The summed E-state index contributed by atoms with van der Waals surface area (Å²) in [5, 5.41) is 19.7. The Kier molecular flexibility index (Phi) is 7.09. The first-order valence-corrected chi connectivity index (χ1v) is 8.40. The molecule has 1 aromatic carbocycles. The summed E-state index contributed by atoms with van der Waals surface area (Å²) < 4.78 is 0. The Hall–Kier alpha value is -1.56. The smallest absolute Gasteiger partial charge is 0.0535 e. The second-order valence-corrected chi connectivity index (χ2v) is 6.40. The van der Waals surface area contributed by atoms with Gasteiger partial charge in [-0.25, -0.2) is 0 Å². The van der Waals surface area contributed by atoms with Crippen molar-refractivity contribution in [3.8, 4) is 0 Å². The molecule has 0 radical (unpaired) electrons. The van der Waals surface area contributed by atoms with E-state index in [4.69, 9.17) is 0 Å². The molecule has 0 amide bonds. The van der Waals surface area contributed by atoms with Gasteiger partial charge in [-0.05, 0) is 43.4 Å². The van der Waals surface area contributed by atoms with Gasteiger partial charge in [0.1, 0.15) is 0 Å². The Morgan fingerprint density at radius 2 is 1.92 bits per heavy atom. The molecule has 1 aromatic heterocycles. The van der Waals surface area contributed by atoms with Gasteiger partial charge in [-0.2, -0.15) is 5.10 Å². The van der Waals surface area contributed by atoms with E-state index >= 15 is 0 Å². The molecule has 1 aliphatic rings. The van der Waals surface area contributed by atoms with Gasteiger partial charge in [-0.1, -0.05) is 12.1 Å². The predicted molar refractivity (Wildman–Crippen MR) is 99.6 cm³/mol. The molecule has 0 saturated carbocycles. The maximum atomic E-state index is 9.22. The number of aromatic amines is 1. The Bertz CT molecular complexity index is 606. The topological polar surface area (TPSA) is 64.2 Å². The van der Waals surface area contributed by atoms with Crippen LogP contribution in [0, 0.1) is 12.8 Å². The van der Waals surface area contributed by atoms with Crippen LogP contribution in [0.2, 0.25) is 0 Å². The predicted octanol–water partition coefficient (Wildman–Crippen LogP) is 2.64. The van der Waals surface area contributed by atoms with Crippen LogP contribution < -0.4 is 10.2 Å². The highest BCUT2D eigenvalue weighted by atomic mass is 35.5. The van der Waals surface area contributed by atoms with Gasteiger partial charge < -0.3 is 15.3 Å². The molecule has 0 atom stereocenters. The number of nitrogens with one attached hydrogen (secondary N) is 2. The van der Waals surface area contributed by atoms with Gasteiger partial charge in [0.25, 0.3) is 0 Å². The fourth-order valence-corrected chi connectivity index (χ4v) is 3.09. The molecule has 3 rings (SSSR count). The van der Waals surface area contributed by atoms with Gasteiger partial charge in [0.15, 0.2) is 0 Å². The van der Waals surface area contributed by atoms with Gasteiger partial charge in [-0.3, -0.25) is 5.10 Å². The Labute approximate surface area is 149 Å². The van der Waals surface area contributed by atoms with Gasteiger partial charge in [-0.15, -0.1) is 12.4 Å². The SMILES string of the molecule is Cc1[nH]ncc1CNCc1ccc(N2CCC(CO)CC2)cc1.Cl. The van der Waals surface area contributed by atoms with Crippen molar-refractivity contribution in [3.63, 3.8) is 0 Å². The van der Waals surface area contributed by atoms with Crippen LogP contribution in [0.4, 0.5) is 5.69 Å². The number of aliphatic hydroxyl groups excluding tert-OH is 1. The normalized spacial score (nSPS) is 15.3. The molecule has 2 aromatic rings. The number of piperidine rings is 1. The van der Waals surface area contributed by atoms with E-state index in [0.717, 1.165) is 44.7 Å². The highest BCUT2D eigenvalue weighted by Crippen LogP contribution is 2.23. The fraction of sp³-hybridized carbons (Fsp3) is 0.500. The molecular formula is C18H27ClN4O. The molecule has 1 fully saturated rings. The molecule has 1 aliphatic heterocycles. The number of rotatable bonds is 6. The van der Waals surface area contributed by atoms with Gasteiger partial charge in [0.05, 0.1) is 6.20 Å². The number of anilines is 1. The molecule has 5 nitrogen and oxygen atoms in total. The molecule has 0 aliphatic carbocycles. The minimum absolute atomic E-state index is 0. The van der Waals surface area contributed by atoms with E-state index in [1.54, 1.807) is 0 Å². The van der Waals surface area contributed by atoms with E-state index < -0.39 is 0 Å². The largest absolute Gasteiger partial charge is 0.396 e. The lowest BCUT2D eigenvalue weighted by Crippen LogP contribution is -2.34. The molecule has 2 heterocycles. The van der Waals surface area contributed by atoms with Crippen LogP contribution in [0.1, 0.15) is 29.7 Å². The molecule has 1 saturated heterocycles. The monoisotopic (exact) mass is 350 g/mol. The van der Waals surface area contributed by atoms with Crippen LogP contribution in [0.15, 0.2) is 30.5 Å². The number of halogens is 1. The minimum Gasteiger partial charge on any atom is -0.396 e. The van der Waals surface area contributed by atoms with Crippen LogP contribution in [0.3, 0.4) is 0 Å². The summed E-state index contributed by atoms with van der Waals surface area (Å²) in [6, 6.07) is 8.81. The Morgan fingerprint density at radius 1 is 1.21 bits per heavy atom. The third-order valence-corrected chi connectivity index (χ3v) is 4.75. The lowest BCUT2D eigenvalue weighted by Gasteiger charge is -2.33. The molecular weight excluding hydrogens is 324 g/mol. The molecule has 0 bridgehead atoms. The van der Waals surface area contributed by atoms with E-state index in [2.05, 4.69) is 44.7 Å². The quantitative estimate of drug-likeness (QED) is 0.749. The van der Waals surface area contributed by atoms with E-state index in [9.17, 15) is 5.11 Å². The van der Waals surface area contributed by atoms with E-state index in [1.807, 2.05) is 13.1 Å². The molecule has 24 heavy (non-hydrogen) atoms. The first-order valence-electron chi connectivity index (χ1n) is 8.40. The average molecular weight is 351 g/mol. The Morgan fingerprint density at radius 3 is 2.50 bits per heavy atom. The number of nitrogens with zero attached hydrogens (tertiary/aromatic N) is 2. The lowest BCUT2D eigenvalue weighted by molar-refractivity contribution is 0.203. The molecule has 0 unspecified atom stereocenters. The van der Waals surface area contributed by atoms with Crippen LogP contribution >= 0.6 is 12.4 Å². The first kappa shape index (κ1) is 18.8. The van der Waals surface area contributed by atoms with Crippen molar-refractivity contribution >= 4 is 18.1 Å². The van der Waals surface area contributed by atoms with Crippen molar-refractivity contribution in [1.82, 2.24) is 15.5 Å². The highest BCUT2D eigenvalue weighted by Gasteiger charge is 2.18. The minimum atomic E-state index is 0. The average Bonchev–Trinajstić information content (AvgIpc) is 3.01. The van der Waals surface area contributed by atoms with Crippen LogP contribution in [-0.2, 0) is 13.1 Å². The zero-order valence-corrected chi connectivity index (χ0v) is 15.0. The summed E-state index contributed by atoms with van der Waals surface area (Å²) in [5.74, 6) is 0.487. The zero-order chi connectivity index (χ0) is 16.1. The number of hydrogen-bond acceptors (Lipinski definition) is 4. The van der Waals surface area contributed by atoms with Gasteiger partial charge in [0.2, 0.25) is 0 Å². The second-order valence-electron chi connectivity index (χ2n) is 6.40. The van der Waals surface area contributed by atoms with Crippen LogP contribution in [0.5, 0.6) is 0 Å². The van der Waals surface area contributed by atoms with Crippen molar-refractivity contribution in [2.45, 2.75) is 32.9 Å². The molecule has 3 N–H and O–H groups in total. The standard InChI is InChI=1S/C18H26N4O.ClH/c1-14-17(12-20-21-14)11-19-10-15-2-4-18(5-3-15)22-8-6-16(13-23)7-9-22;/h2-5,12,16,19,23H,6-11,13H2,1H3,(H,20,21);1H. The maximum Gasteiger partial charge on any atom is 0.0535 e. The molecule has 132 valence electrons. The van der Waals surface area contributed by atoms with Gasteiger partial charge in [0, 0.05) is 49.7 Å². The number of benzene rings is 1. The molecule has 6 heteroatoms. The maximum absolute atomic E-state index is 9.22. The number of hydrogen-bond donors (Lipinski definition) is 3. The molecule has 0 spiro atoms. The van der Waals surface area contributed by atoms with Crippen LogP contribution in [0.25, 0.3) is 0 Å². The summed E-state index contributed by atoms with van der Waals surface area (Å²) >= 11 is 0. The van der Waals surface area contributed by atoms with Crippen molar-refractivity contribution < 1.29 is 5.11 Å². The van der Waals surface area contributed by atoms with Crippen molar-refractivity contribution in [2.24, 2.45) is 5.92 Å². The van der Waals surface area contributed by atoms with Crippen molar-refractivity contribution in [1.29, 1.82) is 0 Å². The Balaban J connectivity index is 0.00000208. The van der Waals surface area contributed by atoms with Crippen LogP contribution in [-0.4, -0.2) is 35.0 Å². The zero-order valence-electron chi connectivity index (χ0n) is 14.2. The van der Waals surface area contributed by atoms with Crippen molar-refractivity contribution in [3.05, 3.63) is 47.3 Å². The van der Waals surface area contributed by atoms with E-state index in [0.29, 0.717) is 12.5 Å². The number of H-pyrrole nitrogens is 1. The third-order valence-electron chi connectivity index (χ3n) is 4.75. The summed E-state index contributed by atoms with van der Waals surface area (Å²) in [5.41, 5.74) is 4.92.